The van der Waals surface area contributed by atoms with Crippen LogP contribution in [0.5, 0.6) is 0 Å². The van der Waals surface area contributed by atoms with Crippen molar-refractivity contribution in [2.45, 2.75) is 145 Å². The number of anilines is 1. The highest BCUT2D eigenvalue weighted by atomic mass is 19.1. The zero-order valence-electron chi connectivity index (χ0n) is 34.1. The molecule has 1 atom stereocenters. The van der Waals surface area contributed by atoms with Crippen LogP contribution in [-0.2, 0) is 15.0 Å². The Balaban J connectivity index is 0.000000558. The van der Waals surface area contributed by atoms with Crippen molar-refractivity contribution >= 4 is 29.2 Å². The predicted molar refractivity (Wildman–Crippen MR) is 220 cm³/mol. The largest absolute Gasteiger partial charge is 0.386 e. The van der Waals surface area contributed by atoms with E-state index in [9.17, 15) is 14.0 Å². The molecule has 1 saturated carbocycles. The number of allylic oxidation sites excluding steroid dienone is 5. The van der Waals surface area contributed by atoms with E-state index in [1.807, 2.05) is 51.8 Å². The molecule has 1 amide bonds. The number of aliphatic imine (C=N–C) groups is 1. The number of benzene rings is 1. The van der Waals surface area contributed by atoms with Crippen LogP contribution < -0.4 is 21.3 Å². The summed E-state index contributed by atoms with van der Waals surface area (Å²) in [5, 5.41) is 5.94. The first-order valence-corrected chi connectivity index (χ1v) is 19.5. The normalized spacial score (nSPS) is 20.2. The summed E-state index contributed by atoms with van der Waals surface area (Å²) in [5.74, 6) is 1.28. The molecular formula is C44H68FN5O2. The van der Waals surface area contributed by atoms with Crippen LogP contribution >= 0.6 is 0 Å². The van der Waals surface area contributed by atoms with E-state index in [2.05, 4.69) is 75.0 Å². The van der Waals surface area contributed by atoms with E-state index in [4.69, 9.17) is 5.73 Å². The van der Waals surface area contributed by atoms with Crippen molar-refractivity contribution in [3.05, 3.63) is 82.7 Å². The Kier molecular flexibility index (Phi) is 18.0. The SMILES string of the molecule is C=C(/C=C(N=CCC)\C(C)=C(/C)N/C=C(/C)F)c1ccc2c(c1)N(C1CC(N)C1)C(=O)C2(CCC)CCC.CC(C)C.CCC(C)C(=O)C1=CNC1. The van der Waals surface area contributed by atoms with Crippen molar-refractivity contribution < 1.29 is 14.0 Å². The summed E-state index contributed by atoms with van der Waals surface area (Å²) >= 11 is 0. The van der Waals surface area contributed by atoms with Gasteiger partial charge >= 0.3 is 0 Å². The summed E-state index contributed by atoms with van der Waals surface area (Å²) in [6.07, 6.45) is 14.0. The van der Waals surface area contributed by atoms with Crippen LogP contribution in [-0.4, -0.2) is 36.5 Å². The molecule has 0 saturated heterocycles. The van der Waals surface area contributed by atoms with Gasteiger partial charge in [0, 0.05) is 60.1 Å². The van der Waals surface area contributed by atoms with E-state index >= 15 is 0 Å². The molecule has 1 unspecified atom stereocenters. The van der Waals surface area contributed by atoms with Gasteiger partial charge in [0.25, 0.3) is 0 Å². The third-order valence-electron chi connectivity index (χ3n) is 9.74. The fraction of sp³-hybridized carbons (Fsp3) is 0.568. The lowest BCUT2D eigenvalue weighted by Gasteiger charge is -2.40. The molecule has 1 fully saturated rings. The number of nitrogens with two attached hydrogens (primary N) is 1. The van der Waals surface area contributed by atoms with Crippen LogP contribution in [0.2, 0.25) is 0 Å². The molecule has 52 heavy (non-hydrogen) atoms. The van der Waals surface area contributed by atoms with Gasteiger partial charge in [-0.1, -0.05) is 86.9 Å². The van der Waals surface area contributed by atoms with Gasteiger partial charge in [-0.3, -0.25) is 14.6 Å². The molecule has 4 rings (SSSR count). The Morgan fingerprint density at radius 2 is 1.71 bits per heavy atom. The molecule has 1 aliphatic carbocycles. The maximum Gasteiger partial charge on any atom is 0.237 e. The molecule has 288 valence electrons. The summed E-state index contributed by atoms with van der Waals surface area (Å²) in [4.78, 5) is 32.0. The van der Waals surface area contributed by atoms with Crippen molar-refractivity contribution in [1.29, 1.82) is 0 Å². The molecule has 4 N–H and O–H groups in total. The summed E-state index contributed by atoms with van der Waals surface area (Å²) in [6.45, 7) is 27.3. The Bertz CT molecular complexity index is 1530. The Morgan fingerprint density at radius 3 is 2.17 bits per heavy atom. The lowest BCUT2D eigenvalue weighted by atomic mass is 9.74. The van der Waals surface area contributed by atoms with Gasteiger partial charge in [0.05, 0.1) is 11.1 Å². The molecule has 0 bridgehead atoms. The van der Waals surface area contributed by atoms with Gasteiger partial charge in [-0.25, -0.2) is 4.39 Å². The highest BCUT2D eigenvalue weighted by Gasteiger charge is 2.52. The van der Waals surface area contributed by atoms with Gasteiger partial charge in [-0.05, 0) is 99.6 Å². The van der Waals surface area contributed by atoms with Crippen molar-refractivity contribution in [2.75, 3.05) is 11.4 Å². The average Bonchev–Trinajstić information content (AvgIpc) is 3.28. The molecule has 3 aliphatic rings. The second-order valence-corrected chi connectivity index (χ2v) is 15.2. The smallest absolute Gasteiger partial charge is 0.237 e. The summed E-state index contributed by atoms with van der Waals surface area (Å²) in [7, 11) is 0. The number of amides is 1. The zero-order valence-corrected chi connectivity index (χ0v) is 34.1. The molecule has 0 radical (unpaired) electrons. The topological polar surface area (TPSA) is 99.8 Å². The highest BCUT2D eigenvalue weighted by molar-refractivity contribution is 6.09. The van der Waals surface area contributed by atoms with Gasteiger partial charge in [-0.2, -0.15) is 0 Å². The highest BCUT2D eigenvalue weighted by Crippen LogP contribution is 2.51. The van der Waals surface area contributed by atoms with Crippen molar-refractivity contribution in [3.8, 4) is 0 Å². The molecule has 2 aliphatic heterocycles. The lowest BCUT2D eigenvalue weighted by Crippen LogP contribution is -2.54. The number of carbonyl (C=O) groups excluding carboxylic acids is 2. The summed E-state index contributed by atoms with van der Waals surface area (Å²) in [5.41, 5.74) is 13.0. The third-order valence-corrected chi connectivity index (χ3v) is 9.74. The van der Waals surface area contributed by atoms with E-state index in [-0.39, 0.29) is 29.7 Å². The van der Waals surface area contributed by atoms with Crippen molar-refractivity contribution in [3.63, 3.8) is 0 Å². The van der Waals surface area contributed by atoms with E-state index < -0.39 is 5.41 Å². The van der Waals surface area contributed by atoms with Crippen LogP contribution in [0.4, 0.5) is 10.1 Å². The fourth-order valence-corrected chi connectivity index (χ4v) is 6.51. The maximum absolute atomic E-state index is 14.0. The number of fused-ring (bicyclic) bond motifs is 1. The van der Waals surface area contributed by atoms with Gasteiger partial charge in [-0.15, -0.1) is 0 Å². The Morgan fingerprint density at radius 1 is 1.12 bits per heavy atom. The number of nitrogens with one attached hydrogen (secondary N) is 2. The standard InChI is InChI=1S/C32H45FN4O.C8H13NO.C4H10/c1-8-13-32(14-9-2)28-12-11-25(17-30(28)37(31(32)38)27-18-26(34)19-27)21(4)16-29(35-15-10-3)23(6)24(7)36-20-22(5)33;1-3-6(2)8(10)7-4-9-5-7;1-4(2)3/h11-12,15-17,20,26-27,36H,4,8-10,13-14,18-19,34H2,1-3,5-7H3;4,6,9H,3,5H2,1-2H3;4H,1-3H3/b22-20-,24-23+,29-16+,35-15?;;. The number of carbonyl (C=O) groups is 2. The predicted octanol–water partition coefficient (Wildman–Crippen LogP) is 10.2. The summed E-state index contributed by atoms with van der Waals surface area (Å²) < 4.78 is 13.3. The Hall–Kier alpha value is -3.78. The number of Topliss-reactive ketones (excluding diaryl/α,β-unsaturated/α-hetero) is 1. The van der Waals surface area contributed by atoms with Gasteiger partial charge in [0.15, 0.2) is 5.78 Å². The first-order valence-electron chi connectivity index (χ1n) is 19.5. The molecule has 7 nitrogen and oxygen atoms in total. The molecule has 1 aromatic carbocycles. The monoisotopic (exact) mass is 718 g/mol. The minimum atomic E-state index is -0.463. The quantitative estimate of drug-likeness (QED) is 0.124. The second kappa shape index (κ2) is 21.1. The minimum Gasteiger partial charge on any atom is -0.386 e. The fourth-order valence-electron chi connectivity index (χ4n) is 6.51. The van der Waals surface area contributed by atoms with Crippen LogP contribution in [0.1, 0.15) is 139 Å². The molecular weight excluding hydrogens is 650 g/mol. The van der Waals surface area contributed by atoms with Crippen LogP contribution in [0, 0.1) is 11.8 Å². The molecule has 8 heteroatoms. The van der Waals surface area contributed by atoms with E-state index in [1.54, 1.807) is 6.20 Å². The van der Waals surface area contributed by atoms with Crippen LogP contribution in [0.25, 0.3) is 5.57 Å². The van der Waals surface area contributed by atoms with Gasteiger partial charge in [0.2, 0.25) is 5.91 Å². The van der Waals surface area contributed by atoms with E-state index in [1.165, 1.54) is 13.1 Å². The first-order chi connectivity index (χ1) is 24.6. The van der Waals surface area contributed by atoms with E-state index in [0.29, 0.717) is 5.78 Å². The third kappa shape index (κ3) is 11.6. The van der Waals surface area contributed by atoms with Crippen LogP contribution in [0.15, 0.2) is 76.6 Å². The number of hydrogen-bond acceptors (Lipinski definition) is 6. The van der Waals surface area contributed by atoms with Gasteiger partial charge in [0.1, 0.15) is 5.83 Å². The number of rotatable bonds is 15. The average molecular weight is 718 g/mol. The number of halogens is 1. The molecule has 0 spiro atoms. The number of nitrogens with zero attached hydrogens (tertiary/aromatic N) is 2. The first kappa shape index (κ1) is 44.4. The Labute approximate surface area is 314 Å². The maximum atomic E-state index is 14.0. The van der Waals surface area contributed by atoms with Crippen LogP contribution in [0.3, 0.4) is 0 Å². The van der Waals surface area contributed by atoms with Crippen molar-refractivity contribution in [1.82, 2.24) is 10.6 Å². The summed E-state index contributed by atoms with van der Waals surface area (Å²) in [6, 6.07) is 6.67. The molecule has 1 aromatic rings. The zero-order chi connectivity index (χ0) is 39.2. The lowest BCUT2D eigenvalue weighted by molar-refractivity contribution is -0.124. The minimum absolute atomic E-state index is 0.154. The van der Waals surface area contributed by atoms with E-state index in [0.717, 1.165) is 109 Å². The second-order valence-electron chi connectivity index (χ2n) is 15.2. The molecule has 0 aromatic heterocycles. The molecule has 2 heterocycles. The van der Waals surface area contributed by atoms with Gasteiger partial charge < -0.3 is 21.3 Å². The number of ketones is 1. The number of hydrogen-bond donors (Lipinski definition) is 3. The van der Waals surface area contributed by atoms with Crippen molar-refractivity contribution in [2.24, 2.45) is 22.6 Å².